The number of carbonyl (C=O) groups is 1. The Morgan fingerprint density at radius 2 is 2.00 bits per heavy atom. The molecule has 1 unspecified atom stereocenters. The zero-order valence-electron chi connectivity index (χ0n) is 13.5. The summed E-state index contributed by atoms with van der Waals surface area (Å²) >= 11 is 6.08. The second kappa shape index (κ2) is 5.99. The summed E-state index contributed by atoms with van der Waals surface area (Å²) < 4.78 is 0. The third kappa shape index (κ3) is 2.80. The van der Waals surface area contributed by atoms with Crippen LogP contribution in [0.15, 0.2) is 42.5 Å². The molecule has 2 N–H and O–H groups in total. The number of halogens is 1. The molecule has 1 aliphatic carbocycles. The Balaban J connectivity index is 1.54. The number of hydrogen-bond donors (Lipinski definition) is 2. The third-order valence-electron chi connectivity index (χ3n) is 4.80. The van der Waals surface area contributed by atoms with E-state index in [1.54, 1.807) is 0 Å². The van der Waals surface area contributed by atoms with Crippen LogP contribution in [0.2, 0.25) is 5.02 Å². The minimum absolute atomic E-state index is 0.00587. The van der Waals surface area contributed by atoms with Crippen LogP contribution in [-0.2, 0) is 12.8 Å². The summed E-state index contributed by atoms with van der Waals surface area (Å²) in [4.78, 5) is 15.9. The van der Waals surface area contributed by atoms with Crippen LogP contribution >= 0.6 is 11.6 Å². The Hall–Kier alpha value is -2.26. The van der Waals surface area contributed by atoms with Crippen molar-refractivity contribution in [1.82, 2.24) is 10.3 Å². The lowest BCUT2D eigenvalue weighted by molar-refractivity contribution is 0.0933. The van der Waals surface area contributed by atoms with E-state index in [2.05, 4.69) is 16.4 Å². The lowest BCUT2D eigenvalue weighted by atomic mass is 9.91. The molecule has 1 aromatic heterocycles. The summed E-state index contributed by atoms with van der Waals surface area (Å²) in [7, 11) is 0. The Labute approximate surface area is 146 Å². The second-order valence-corrected chi connectivity index (χ2v) is 6.99. The van der Waals surface area contributed by atoms with Gasteiger partial charge in [0.15, 0.2) is 0 Å². The van der Waals surface area contributed by atoms with Gasteiger partial charge in [0, 0.05) is 33.2 Å². The van der Waals surface area contributed by atoms with Crippen molar-refractivity contribution in [2.45, 2.75) is 32.2 Å². The lowest BCUT2D eigenvalue weighted by Crippen LogP contribution is -2.38. The summed E-state index contributed by atoms with van der Waals surface area (Å²) in [5.41, 5.74) is 5.54. The third-order valence-corrected chi connectivity index (χ3v) is 5.03. The number of amides is 1. The molecule has 2 aromatic carbocycles. The van der Waals surface area contributed by atoms with Crippen molar-refractivity contribution >= 4 is 28.4 Å². The molecule has 4 heteroatoms. The fraction of sp³-hybridized carbons (Fsp3) is 0.250. The molecule has 1 heterocycles. The zero-order valence-corrected chi connectivity index (χ0v) is 14.3. The van der Waals surface area contributed by atoms with Gasteiger partial charge < -0.3 is 10.3 Å². The first-order valence-corrected chi connectivity index (χ1v) is 8.64. The van der Waals surface area contributed by atoms with E-state index in [-0.39, 0.29) is 11.9 Å². The van der Waals surface area contributed by atoms with Gasteiger partial charge in [-0.25, -0.2) is 0 Å². The molecule has 4 rings (SSSR count). The number of benzene rings is 2. The molecule has 0 spiro atoms. The number of hydrogen-bond acceptors (Lipinski definition) is 1. The van der Waals surface area contributed by atoms with Crippen molar-refractivity contribution in [2.24, 2.45) is 0 Å². The first-order valence-electron chi connectivity index (χ1n) is 8.26. The molecule has 0 saturated carbocycles. The summed E-state index contributed by atoms with van der Waals surface area (Å²) in [5.74, 6) is 0.00587. The quantitative estimate of drug-likeness (QED) is 0.714. The predicted octanol–water partition coefficient (Wildman–Crippen LogP) is 4.42. The summed E-state index contributed by atoms with van der Waals surface area (Å²) in [6.45, 7) is 2.02. The zero-order chi connectivity index (χ0) is 16.7. The number of aryl methyl sites for hydroxylation is 2. The van der Waals surface area contributed by atoms with Crippen LogP contribution in [0.1, 0.15) is 33.6 Å². The van der Waals surface area contributed by atoms with Crippen LogP contribution in [-0.4, -0.2) is 16.9 Å². The van der Waals surface area contributed by atoms with E-state index in [0.29, 0.717) is 0 Å². The highest BCUT2D eigenvalue weighted by Gasteiger charge is 2.24. The van der Waals surface area contributed by atoms with E-state index >= 15 is 0 Å². The van der Waals surface area contributed by atoms with Gasteiger partial charge in [-0.3, -0.25) is 4.79 Å². The largest absolute Gasteiger partial charge is 0.358 e. The Bertz CT molecular complexity index is 911. The molecule has 1 atom stereocenters. The molecule has 24 heavy (non-hydrogen) atoms. The standard InChI is InChI=1S/C20H19ClN2O/c1-12-2-4-13(5-3-12)20(24)22-15-7-9-18-17(11-15)16-8-6-14(21)10-19(16)23-18/h2-6,8,10,15,23H,7,9,11H2,1H3,(H,22,24). The molecule has 0 fully saturated rings. The Morgan fingerprint density at radius 1 is 1.21 bits per heavy atom. The van der Waals surface area contributed by atoms with Crippen LogP contribution in [0.25, 0.3) is 10.9 Å². The molecule has 3 aromatic rings. The van der Waals surface area contributed by atoms with E-state index in [4.69, 9.17) is 11.6 Å². The average molecular weight is 339 g/mol. The van der Waals surface area contributed by atoms with E-state index in [9.17, 15) is 4.79 Å². The Morgan fingerprint density at radius 3 is 2.79 bits per heavy atom. The molecular weight excluding hydrogens is 320 g/mol. The topological polar surface area (TPSA) is 44.9 Å². The lowest BCUT2D eigenvalue weighted by Gasteiger charge is -2.23. The van der Waals surface area contributed by atoms with Crippen LogP contribution in [0.5, 0.6) is 0 Å². The van der Waals surface area contributed by atoms with Gasteiger partial charge in [-0.1, -0.05) is 35.4 Å². The number of carbonyl (C=O) groups excluding carboxylic acids is 1. The van der Waals surface area contributed by atoms with Crippen molar-refractivity contribution < 1.29 is 4.79 Å². The molecule has 3 nitrogen and oxygen atoms in total. The highest BCUT2D eigenvalue weighted by atomic mass is 35.5. The number of H-pyrrole nitrogens is 1. The minimum atomic E-state index is 0.00587. The number of fused-ring (bicyclic) bond motifs is 3. The van der Waals surface area contributed by atoms with Crippen molar-refractivity contribution in [3.05, 3.63) is 69.9 Å². The monoisotopic (exact) mass is 338 g/mol. The van der Waals surface area contributed by atoms with Gasteiger partial charge in [-0.2, -0.15) is 0 Å². The minimum Gasteiger partial charge on any atom is -0.358 e. The molecule has 122 valence electrons. The van der Waals surface area contributed by atoms with Crippen LogP contribution in [0.3, 0.4) is 0 Å². The molecule has 1 amide bonds. The van der Waals surface area contributed by atoms with Gasteiger partial charge in [0.05, 0.1) is 0 Å². The summed E-state index contributed by atoms with van der Waals surface area (Å²) in [6.07, 6.45) is 2.75. The van der Waals surface area contributed by atoms with Crippen LogP contribution < -0.4 is 5.32 Å². The maximum absolute atomic E-state index is 12.4. The fourth-order valence-corrected chi connectivity index (χ4v) is 3.67. The number of aromatic nitrogens is 1. The molecule has 0 radical (unpaired) electrons. The summed E-state index contributed by atoms with van der Waals surface area (Å²) in [5, 5.41) is 5.14. The predicted molar refractivity (Wildman–Crippen MR) is 97.8 cm³/mol. The molecule has 0 aliphatic heterocycles. The normalized spacial score (nSPS) is 16.8. The van der Waals surface area contributed by atoms with Crippen molar-refractivity contribution in [2.75, 3.05) is 0 Å². The molecule has 0 bridgehead atoms. The van der Waals surface area contributed by atoms with Gasteiger partial charge in [0.1, 0.15) is 0 Å². The maximum Gasteiger partial charge on any atom is 0.251 e. The van der Waals surface area contributed by atoms with Gasteiger partial charge in [-0.15, -0.1) is 0 Å². The second-order valence-electron chi connectivity index (χ2n) is 6.55. The highest BCUT2D eigenvalue weighted by Crippen LogP contribution is 2.30. The average Bonchev–Trinajstić information content (AvgIpc) is 2.92. The maximum atomic E-state index is 12.4. The first-order chi connectivity index (χ1) is 11.6. The number of aromatic amines is 1. The highest BCUT2D eigenvalue weighted by molar-refractivity contribution is 6.31. The fourth-order valence-electron chi connectivity index (χ4n) is 3.49. The SMILES string of the molecule is Cc1ccc(C(=O)NC2CCc3[nH]c4cc(Cl)ccc4c3C2)cc1. The number of rotatable bonds is 2. The van der Waals surface area contributed by atoms with Crippen LogP contribution in [0.4, 0.5) is 0 Å². The van der Waals surface area contributed by atoms with Gasteiger partial charge in [0.2, 0.25) is 0 Å². The van der Waals surface area contributed by atoms with Gasteiger partial charge in [-0.05, 0) is 56.0 Å². The smallest absolute Gasteiger partial charge is 0.251 e. The molecule has 0 saturated heterocycles. The summed E-state index contributed by atoms with van der Waals surface area (Å²) in [6, 6.07) is 13.8. The van der Waals surface area contributed by atoms with Crippen LogP contribution in [0, 0.1) is 6.92 Å². The van der Waals surface area contributed by atoms with E-state index in [1.807, 2.05) is 43.3 Å². The molecular formula is C20H19ClN2O. The van der Waals surface area contributed by atoms with E-state index in [1.165, 1.54) is 16.6 Å². The van der Waals surface area contributed by atoms with E-state index < -0.39 is 0 Å². The Kier molecular flexibility index (Phi) is 3.81. The van der Waals surface area contributed by atoms with Gasteiger partial charge in [0.25, 0.3) is 5.91 Å². The van der Waals surface area contributed by atoms with E-state index in [0.717, 1.165) is 40.9 Å². The van der Waals surface area contributed by atoms with Crippen molar-refractivity contribution in [3.63, 3.8) is 0 Å². The molecule has 1 aliphatic rings. The number of nitrogens with one attached hydrogen (secondary N) is 2. The van der Waals surface area contributed by atoms with Crippen molar-refractivity contribution in [3.8, 4) is 0 Å². The van der Waals surface area contributed by atoms with Gasteiger partial charge >= 0.3 is 0 Å². The first kappa shape index (κ1) is 15.3. The van der Waals surface area contributed by atoms with Crippen molar-refractivity contribution in [1.29, 1.82) is 0 Å².